The molecule has 8 heteroatoms. The summed E-state index contributed by atoms with van der Waals surface area (Å²) in [6, 6.07) is 7.20. The molecular formula is C19H22N6O2. The van der Waals surface area contributed by atoms with Gasteiger partial charge in [0.25, 0.3) is 5.91 Å². The molecule has 1 aliphatic carbocycles. The van der Waals surface area contributed by atoms with E-state index in [-0.39, 0.29) is 11.9 Å². The maximum atomic E-state index is 12.8. The first-order valence-electron chi connectivity index (χ1n) is 9.05. The number of aliphatic hydroxyl groups excluding tert-OH is 1. The molecule has 0 radical (unpaired) electrons. The van der Waals surface area contributed by atoms with Gasteiger partial charge >= 0.3 is 0 Å². The third-order valence-electron chi connectivity index (χ3n) is 5.04. The van der Waals surface area contributed by atoms with Gasteiger partial charge in [0.1, 0.15) is 0 Å². The van der Waals surface area contributed by atoms with Crippen molar-refractivity contribution < 1.29 is 9.90 Å². The lowest BCUT2D eigenvalue weighted by molar-refractivity contribution is 0.0871. The lowest BCUT2D eigenvalue weighted by atomic mass is 10.1. The number of benzene rings is 1. The van der Waals surface area contributed by atoms with Crippen molar-refractivity contribution in [2.45, 2.75) is 38.1 Å². The molecule has 1 saturated carbocycles. The van der Waals surface area contributed by atoms with Crippen LogP contribution in [0.5, 0.6) is 0 Å². The summed E-state index contributed by atoms with van der Waals surface area (Å²) >= 11 is 0. The van der Waals surface area contributed by atoms with Gasteiger partial charge in [-0.3, -0.25) is 4.79 Å². The van der Waals surface area contributed by atoms with E-state index in [2.05, 4.69) is 20.6 Å². The number of nitrogens with zero attached hydrogens (tertiary/aromatic N) is 5. The van der Waals surface area contributed by atoms with E-state index in [1.165, 1.54) is 0 Å². The molecule has 0 saturated heterocycles. The van der Waals surface area contributed by atoms with E-state index in [1.54, 1.807) is 35.7 Å². The van der Waals surface area contributed by atoms with Crippen LogP contribution in [0.2, 0.25) is 0 Å². The van der Waals surface area contributed by atoms with Crippen LogP contribution in [0.3, 0.4) is 0 Å². The molecule has 0 aliphatic heterocycles. The molecule has 2 N–H and O–H groups in total. The van der Waals surface area contributed by atoms with Crippen LogP contribution in [0, 0.1) is 5.92 Å². The van der Waals surface area contributed by atoms with Gasteiger partial charge < -0.3 is 15.0 Å². The van der Waals surface area contributed by atoms with Gasteiger partial charge in [-0.2, -0.15) is 0 Å². The Labute approximate surface area is 156 Å². The topological polar surface area (TPSA) is 97.9 Å². The summed E-state index contributed by atoms with van der Waals surface area (Å²) in [6.07, 6.45) is 9.69. The zero-order chi connectivity index (χ0) is 18.6. The highest BCUT2D eigenvalue weighted by Gasteiger charge is 2.34. The number of carbonyl (C=O) groups is 1. The van der Waals surface area contributed by atoms with Crippen LogP contribution in [0.1, 0.15) is 28.8 Å². The van der Waals surface area contributed by atoms with Crippen molar-refractivity contribution in [1.82, 2.24) is 29.9 Å². The lowest BCUT2D eigenvalue weighted by Gasteiger charge is -2.18. The number of rotatable bonds is 6. The Balaban J connectivity index is 1.42. The Bertz CT molecular complexity index is 878. The molecule has 1 aromatic carbocycles. The van der Waals surface area contributed by atoms with Gasteiger partial charge in [-0.1, -0.05) is 23.4 Å². The van der Waals surface area contributed by atoms with Crippen LogP contribution in [0.15, 0.2) is 55.4 Å². The van der Waals surface area contributed by atoms with Gasteiger partial charge in [0, 0.05) is 30.7 Å². The summed E-state index contributed by atoms with van der Waals surface area (Å²) in [5, 5.41) is 21.2. The largest absolute Gasteiger partial charge is 0.391 e. The highest BCUT2D eigenvalue weighted by atomic mass is 16.3. The fraction of sp³-hybridized carbons (Fsp3) is 0.368. The maximum absolute atomic E-state index is 12.8. The molecule has 3 aromatic rings. The van der Waals surface area contributed by atoms with Gasteiger partial charge in [-0.05, 0) is 30.4 Å². The lowest BCUT2D eigenvalue weighted by Crippen LogP contribution is -2.40. The second-order valence-electron chi connectivity index (χ2n) is 7.00. The molecule has 2 heterocycles. The minimum Gasteiger partial charge on any atom is -0.391 e. The fourth-order valence-electron chi connectivity index (χ4n) is 3.73. The first-order valence-corrected chi connectivity index (χ1v) is 9.05. The van der Waals surface area contributed by atoms with Gasteiger partial charge in [-0.25, -0.2) is 9.67 Å². The van der Waals surface area contributed by atoms with E-state index < -0.39 is 6.10 Å². The average molecular weight is 366 g/mol. The number of carbonyl (C=O) groups excluding carboxylic acids is 1. The average Bonchev–Trinajstić information content (AvgIpc) is 3.40. The van der Waals surface area contributed by atoms with Crippen molar-refractivity contribution in [2.24, 2.45) is 5.92 Å². The van der Waals surface area contributed by atoms with Gasteiger partial charge in [0.15, 0.2) is 0 Å². The van der Waals surface area contributed by atoms with Crippen molar-refractivity contribution in [3.8, 4) is 0 Å². The Hall–Kier alpha value is -3.00. The Morgan fingerprint density at radius 3 is 2.89 bits per heavy atom. The van der Waals surface area contributed by atoms with Crippen LogP contribution in [0.4, 0.5) is 0 Å². The summed E-state index contributed by atoms with van der Waals surface area (Å²) < 4.78 is 3.69. The summed E-state index contributed by atoms with van der Waals surface area (Å²) in [5.74, 6) is 0.142. The van der Waals surface area contributed by atoms with Crippen LogP contribution in [0.25, 0.3) is 0 Å². The zero-order valence-corrected chi connectivity index (χ0v) is 14.8. The molecule has 1 aliphatic rings. The van der Waals surface area contributed by atoms with Crippen molar-refractivity contribution in [3.63, 3.8) is 0 Å². The normalized spacial score (nSPS) is 22.0. The highest BCUT2D eigenvalue weighted by molar-refractivity contribution is 5.95. The van der Waals surface area contributed by atoms with Crippen LogP contribution in [-0.4, -0.2) is 47.7 Å². The molecule has 27 heavy (non-hydrogen) atoms. The van der Waals surface area contributed by atoms with E-state index in [0.29, 0.717) is 24.4 Å². The van der Waals surface area contributed by atoms with Crippen molar-refractivity contribution in [1.29, 1.82) is 0 Å². The van der Waals surface area contributed by atoms with Crippen molar-refractivity contribution in [3.05, 3.63) is 66.5 Å². The zero-order valence-electron chi connectivity index (χ0n) is 14.8. The minimum absolute atomic E-state index is 0.168. The number of imidazole rings is 1. The van der Waals surface area contributed by atoms with Crippen molar-refractivity contribution in [2.75, 3.05) is 0 Å². The number of amides is 1. The Kier molecular flexibility index (Phi) is 4.97. The van der Waals surface area contributed by atoms with E-state index in [0.717, 1.165) is 18.5 Å². The molecule has 8 nitrogen and oxygen atoms in total. The smallest absolute Gasteiger partial charge is 0.251 e. The van der Waals surface area contributed by atoms with Crippen LogP contribution >= 0.6 is 0 Å². The molecular weight excluding hydrogens is 344 g/mol. The number of hydrogen-bond donors (Lipinski definition) is 2. The van der Waals surface area contributed by atoms with Gasteiger partial charge in [0.2, 0.25) is 0 Å². The van der Waals surface area contributed by atoms with Gasteiger partial charge in [-0.15, -0.1) is 5.10 Å². The maximum Gasteiger partial charge on any atom is 0.251 e. The highest BCUT2D eigenvalue weighted by Crippen LogP contribution is 2.28. The summed E-state index contributed by atoms with van der Waals surface area (Å²) in [4.78, 5) is 16.9. The van der Waals surface area contributed by atoms with Gasteiger partial charge in [0.05, 0.1) is 31.2 Å². The second kappa shape index (κ2) is 7.71. The number of nitrogens with one attached hydrogen (secondary N) is 1. The monoisotopic (exact) mass is 366 g/mol. The molecule has 0 spiro atoms. The Morgan fingerprint density at radius 2 is 2.11 bits per heavy atom. The molecule has 1 unspecified atom stereocenters. The molecule has 0 bridgehead atoms. The molecule has 1 fully saturated rings. The SMILES string of the molecule is O=C(N[C@@H]1CC(Cn2ccnc2)C[C@H]1O)c1ccccc1Cn1ccnn1. The second-order valence-corrected chi connectivity index (χ2v) is 7.00. The number of aliphatic hydroxyl groups is 1. The minimum atomic E-state index is -0.537. The molecule has 3 atom stereocenters. The Morgan fingerprint density at radius 1 is 1.22 bits per heavy atom. The van der Waals surface area contributed by atoms with E-state index in [1.807, 2.05) is 29.0 Å². The fourth-order valence-corrected chi connectivity index (χ4v) is 3.73. The van der Waals surface area contributed by atoms with Crippen LogP contribution in [-0.2, 0) is 13.1 Å². The third kappa shape index (κ3) is 4.06. The standard InChI is InChI=1S/C19H22N6O2/c26-18-10-14(11-24-7-5-20-13-24)9-17(18)22-19(27)16-4-2-1-3-15(16)12-25-8-6-21-23-25/h1-8,13-14,17-18,26H,9-12H2,(H,22,27)/t14?,17-,18-/m1/s1. The molecule has 140 valence electrons. The summed E-state index contributed by atoms with van der Waals surface area (Å²) in [5.41, 5.74) is 1.46. The molecule has 4 rings (SSSR count). The van der Waals surface area contributed by atoms with Crippen molar-refractivity contribution >= 4 is 5.91 Å². The molecule has 1 amide bonds. The first-order chi connectivity index (χ1) is 13.2. The summed E-state index contributed by atoms with van der Waals surface area (Å²) in [7, 11) is 0. The summed E-state index contributed by atoms with van der Waals surface area (Å²) in [6.45, 7) is 1.27. The molecule has 2 aromatic heterocycles. The predicted octanol–water partition coefficient (Wildman–Crippen LogP) is 1.09. The number of hydrogen-bond acceptors (Lipinski definition) is 5. The van der Waals surface area contributed by atoms with Crippen LogP contribution < -0.4 is 5.32 Å². The predicted molar refractivity (Wildman–Crippen MR) is 97.8 cm³/mol. The van der Waals surface area contributed by atoms with E-state index >= 15 is 0 Å². The quantitative estimate of drug-likeness (QED) is 0.681. The first kappa shape index (κ1) is 17.4. The number of aromatic nitrogens is 5. The third-order valence-corrected chi connectivity index (χ3v) is 5.04. The van der Waals surface area contributed by atoms with E-state index in [4.69, 9.17) is 0 Å². The van der Waals surface area contributed by atoms with E-state index in [9.17, 15) is 9.90 Å².